The maximum absolute atomic E-state index is 12.7. The fourth-order valence-corrected chi connectivity index (χ4v) is 5.62. The van der Waals surface area contributed by atoms with Crippen molar-refractivity contribution in [2.45, 2.75) is 54.6 Å². The van der Waals surface area contributed by atoms with E-state index in [1.807, 2.05) is 6.92 Å². The van der Waals surface area contributed by atoms with Crippen molar-refractivity contribution in [1.29, 1.82) is 0 Å². The second kappa shape index (κ2) is 8.22. The van der Waals surface area contributed by atoms with Crippen LogP contribution in [0.1, 0.15) is 39.5 Å². The number of benzene rings is 1. The van der Waals surface area contributed by atoms with Crippen LogP contribution in [0.3, 0.4) is 0 Å². The van der Waals surface area contributed by atoms with Crippen LogP contribution in [0.2, 0.25) is 0 Å². The Balaban J connectivity index is 1.66. The first-order chi connectivity index (χ1) is 12.8. The Bertz CT molecular complexity index is 830. The molecule has 1 aromatic carbocycles. The zero-order valence-electron chi connectivity index (χ0n) is 15.7. The summed E-state index contributed by atoms with van der Waals surface area (Å²) >= 11 is 1.45. The predicted octanol–water partition coefficient (Wildman–Crippen LogP) is 2.93. The molecule has 0 spiro atoms. The fraction of sp³-hybridized carbons (Fsp3) is 0.579. The number of hydrogen-bond acceptors (Lipinski definition) is 5. The topological polar surface area (TPSA) is 83.6 Å². The molecule has 2 aliphatic rings. The summed E-state index contributed by atoms with van der Waals surface area (Å²) in [5, 5.41) is 2.65. The summed E-state index contributed by atoms with van der Waals surface area (Å²) in [5.41, 5.74) is 0.534. The number of nitrogens with zero attached hydrogens (tertiary/aromatic N) is 1. The van der Waals surface area contributed by atoms with Crippen LogP contribution in [-0.4, -0.2) is 49.2 Å². The van der Waals surface area contributed by atoms with Gasteiger partial charge >= 0.3 is 0 Å². The highest BCUT2D eigenvalue weighted by molar-refractivity contribution is 8.01. The van der Waals surface area contributed by atoms with E-state index >= 15 is 0 Å². The van der Waals surface area contributed by atoms with Crippen LogP contribution in [-0.2, 0) is 19.4 Å². The van der Waals surface area contributed by atoms with Gasteiger partial charge in [0.1, 0.15) is 0 Å². The lowest BCUT2D eigenvalue weighted by Crippen LogP contribution is -2.38. The first-order valence-corrected chi connectivity index (χ1v) is 12.0. The standard InChI is InChI=1S/C19H26N2O4S2/c1-3-16-19(23)20-15-12-14(4-5-17(15)26-16)27(24,25)11-8-18(22)21-9-6-13(2)7-10-21/h4-5,12-13,16H,3,6-11H2,1-2H3,(H,20,23)/t16-/m0/s1. The Morgan fingerprint density at radius 2 is 2.00 bits per heavy atom. The van der Waals surface area contributed by atoms with E-state index in [4.69, 9.17) is 0 Å². The Hall–Kier alpha value is -1.54. The van der Waals surface area contributed by atoms with Crippen molar-refractivity contribution in [2.24, 2.45) is 5.92 Å². The van der Waals surface area contributed by atoms with Gasteiger partial charge in [0, 0.05) is 24.4 Å². The number of carbonyl (C=O) groups is 2. The monoisotopic (exact) mass is 410 g/mol. The predicted molar refractivity (Wildman–Crippen MR) is 107 cm³/mol. The highest BCUT2D eigenvalue weighted by Gasteiger charge is 2.28. The van der Waals surface area contributed by atoms with Crippen LogP contribution in [0.4, 0.5) is 5.69 Å². The molecule has 2 amide bonds. The van der Waals surface area contributed by atoms with Gasteiger partial charge in [0.15, 0.2) is 9.84 Å². The first kappa shape index (κ1) is 20.2. The van der Waals surface area contributed by atoms with E-state index in [0.717, 1.165) is 17.7 Å². The van der Waals surface area contributed by atoms with Crippen molar-refractivity contribution >= 4 is 39.1 Å². The number of hydrogen-bond donors (Lipinski definition) is 1. The number of amides is 2. The SMILES string of the molecule is CC[C@@H]1Sc2ccc(S(=O)(=O)CCC(=O)N3CCC(C)CC3)cc2NC1=O. The number of carbonyl (C=O) groups excluding carboxylic acids is 2. The van der Waals surface area contributed by atoms with E-state index in [-0.39, 0.29) is 34.1 Å². The van der Waals surface area contributed by atoms with Gasteiger partial charge in [-0.1, -0.05) is 13.8 Å². The second-order valence-electron chi connectivity index (χ2n) is 7.29. The number of nitrogens with one attached hydrogen (secondary N) is 1. The lowest BCUT2D eigenvalue weighted by atomic mass is 9.99. The highest BCUT2D eigenvalue weighted by atomic mass is 32.2. The van der Waals surface area contributed by atoms with E-state index in [9.17, 15) is 18.0 Å². The van der Waals surface area contributed by atoms with Crippen LogP contribution < -0.4 is 5.32 Å². The second-order valence-corrected chi connectivity index (χ2v) is 10.6. The van der Waals surface area contributed by atoms with Crippen molar-refractivity contribution in [3.05, 3.63) is 18.2 Å². The molecule has 0 aliphatic carbocycles. The number of piperidine rings is 1. The molecule has 27 heavy (non-hydrogen) atoms. The van der Waals surface area contributed by atoms with Gasteiger partial charge in [-0.05, 0) is 43.4 Å². The van der Waals surface area contributed by atoms with Crippen molar-refractivity contribution in [3.63, 3.8) is 0 Å². The maximum atomic E-state index is 12.7. The zero-order chi connectivity index (χ0) is 19.6. The van der Waals surface area contributed by atoms with Crippen LogP contribution in [0, 0.1) is 5.92 Å². The molecule has 3 rings (SSSR count). The molecule has 1 fully saturated rings. The summed E-state index contributed by atoms with van der Waals surface area (Å²) in [7, 11) is -3.58. The molecule has 0 radical (unpaired) electrons. The van der Waals surface area contributed by atoms with Gasteiger partial charge in [0.25, 0.3) is 0 Å². The molecule has 0 unspecified atom stereocenters. The van der Waals surface area contributed by atoms with Crippen molar-refractivity contribution < 1.29 is 18.0 Å². The summed E-state index contributed by atoms with van der Waals surface area (Å²) in [6.07, 6.45) is 2.65. The van der Waals surface area contributed by atoms with E-state index in [0.29, 0.717) is 31.1 Å². The average Bonchev–Trinajstić information content (AvgIpc) is 2.65. The number of likely N-dealkylation sites (tertiary alicyclic amines) is 1. The summed E-state index contributed by atoms with van der Waals surface area (Å²) in [6.45, 7) is 5.53. The number of fused-ring (bicyclic) bond motifs is 1. The summed E-state index contributed by atoms with van der Waals surface area (Å²) in [4.78, 5) is 27.2. The molecular weight excluding hydrogens is 384 g/mol. The summed E-state index contributed by atoms with van der Waals surface area (Å²) in [5.74, 6) is 0.209. The number of thioether (sulfide) groups is 1. The van der Waals surface area contributed by atoms with Crippen molar-refractivity contribution in [3.8, 4) is 0 Å². The first-order valence-electron chi connectivity index (χ1n) is 9.42. The smallest absolute Gasteiger partial charge is 0.237 e. The molecule has 1 atom stereocenters. The van der Waals surface area contributed by atoms with Crippen LogP contribution in [0.5, 0.6) is 0 Å². The van der Waals surface area contributed by atoms with E-state index < -0.39 is 9.84 Å². The third-order valence-electron chi connectivity index (χ3n) is 5.22. The molecule has 1 aromatic rings. The van der Waals surface area contributed by atoms with Gasteiger partial charge < -0.3 is 10.2 Å². The molecule has 0 bridgehead atoms. The summed E-state index contributed by atoms with van der Waals surface area (Å²) < 4.78 is 25.3. The molecule has 148 valence electrons. The van der Waals surface area contributed by atoms with Crippen LogP contribution in [0.15, 0.2) is 28.0 Å². The lowest BCUT2D eigenvalue weighted by molar-refractivity contribution is -0.132. The average molecular weight is 411 g/mol. The zero-order valence-corrected chi connectivity index (χ0v) is 17.4. The molecule has 1 saturated heterocycles. The van der Waals surface area contributed by atoms with Crippen molar-refractivity contribution in [1.82, 2.24) is 4.90 Å². The molecule has 6 nitrogen and oxygen atoms in total. The molecule has 0 aromatic heterocycles. The Morgan fingerprint density at radius 3 is 2.67 bits per heavy atom. The fourth-order valence-electron chi connectivity index (χ4n) is 3.35. The maximum Gasteiger partial charge on any atom is 0.237 e. The Kier molecular flexibility index (Phi) is 6.15. The van der Waals surface area contributed by atoms with Gasteiger partial charge in [-0.3, -0.25) is 9.59 Å². The van der Waals surface area contributed by atoms with Gasteiger partial charge in [-0.2, -0.15) is 0 Å². The minimum atomic E-state index is -3.58. The quantitative estimate of drug-likeness (QED) is 0.807. The number of sulfone groups is 1. The van der Waals surface area contributed by atoms with Gasteiger partial charge in [-0.15, -0.1) is 11.8 Å². The molecule has 1 N–H and O–H groups in total. The Morgan fingerprint density at radius 1 is 1.30 bits per heavy atom. The van der Waals surface area contributed by atoms with E-state index in [1.54, 1.807) is 17.0 Å². The van der Waals surface area contributed by atoms with Crippen LogP contribution >= 0.6 is 11.8 Å². The molecule has 2 heterocycles. The number of anilines is 1. The molecule has 2 aliphatic heterocycles. The van der Waals surface area contributed by atoms with Crippen LogP contribution in [0.25, 0.3) is 0 Å². The van der Waals surface area contributed by atoms with Gasteiger partial charge in [0.2, 0.25) is 11.8 Å². The van der Waals surface area contributed by atoms with Gasteiger partial charge in [-0.25, -0.2) is 8.42 Å². The molecule has 0 saturated carbocycles. The third kappa shape index (κ3) is 4.66. The van der Waals surface area contributed by atoms with Crippen molar-refractivity contribution in [2.75, 3.05) is 24.2 Å². The van der Waals surface area contributed by atoms with E-state index in [2.05, 4.69) is 12.2 Å². The van der Waals surface area contributed by atoms with Gasteiger partial charge in [0.05, 0.1) is 21.6 Å². The highest BCUT2D eigenvalue weighted by Crippen LogP contribution is 2.38. The Labute approximate surface area is 165 Å². The third-order valence-corrected chi connectivity index (χ3v) is 8.38. The van der Waals surface area contributed by atoms with E-state index in [1.165, 1.54) is 17.8 Å². The minimum absolute atomic E-state index is 0.00713. The molecular formula is C19H26N2O4S2. The largest absolute Gasteiger partial charge is 0.343 e. The minimum Gasteiger partial charge on any atom is -0.343 e. The summed E-state index contributed by atoms with van der Waals surface area (Å²) in [6, 6.07) is 4.82. The molecule has 8 heteroatoms. The normalized spacial score (nSPS) is 20.9. The number of rotatable bonds is 5. The lowest BCUT2D eigenvalue weighted by Gasteiger charge is -2.30.